The summed E-state index contributed by atoms with van der Waals surface area (Å²) >= 11 is 0. The molecule has 0 radical (unpaired) electrons. The van der Waals surface area contributed by atoms with Crippen LogP contribution in [0.15, 0.2) is 54.6 Å². The summed E-state index contributed by atoms with van der Waals surface area (Å²) in [6.07, 6.45) is 5.13. The molecule has 1 saturated heterocycles. The summed E-state index contributed by atoms with van der Waals surface area (Å²) in [5, 5.41) is 0. The molecule has 3 aromatic rings. The van der Waals surface area contributed by atoms with Crippen molar-refractivity contribution in [3.63, 3.8) is 0 Å². The first-order chi connectivity index (χ1) is 14.2. The molecular weight excluding hydrogens is 362 g/mol. The van der Waals surface area contributed by atoms with Crippen LogP contribution in [0.25, 0.3) is 11.0 Å². The fourth-order valence-corrected chi connectivity index (χ4v) is 4.90. The van der Waals surface area contributed by atoms with Crippen molar-refractivity contribution in [2.45, 2.75) is 50.6 Å². The molecule has 2 heterocycles. The predicted molar refractivity (Wildman–Crippen MR) is 112 cm³/mol. The van der Waals surface area contributed by atoms with Gasteiger partial charge >= 0.3 is 0 Å². The highest BCUT2D eigenvalue weighted by molar-refractivity contribution is 5.96. The van der Waals surface area contributed by atoms with E-state index in [0.29, 0.717) is 24.6 Å². The highest BCUT2D eigenvalue weighted by Crippen LogP contribution is 2.35. The average Bonchev–Trinajstić information content (AvgIpc) is 3.48. The van der Waals surface area contributed by atoms with Gasteiger partial charge in [-0.1, -0.05) is 55.3 Å². The van der Waals surface area contributed by atoms with Crippen LogP contribution in [0.3, 0.4) is 0 Å². The maximum Gasteiger partial charge on any atom is 0.223 e. The van der Waals surface area contributed by atoms with E-state index in [-0.39, 0.29) is 24.2 Å². The summed E-state index contributed by atoms with van der Waals surface area (Å²) in [5.74, 6) is 1.20. The molecule has 148 valence electrons. The maximum absolute atomic E-state index is 12.9. The van der Waals surface area contributed by atoms with Gasteiger partial charge in [0.1, 0.15) is 5.82 Å². The predicted octanol–water partition coefficient (Wildman–Crippen LogP) is 4.18. The molecule has 5 nitrogen and oxygen atoms in total. The second-order valence-electron chi connectivity index (χ2n) is 8.22. The van der Waals surface area contributed by atoms with Gasteiger partial charge in [0.2, 0.25) is 5.91 Å². The number of carbonyl (C=O) groups is 2. The lowest BCUT2D eigenvalue weighted by molar-refractivity contribution is -0.129. The Labute approximate surface area is 170 Å². The van der Waals surface area contributed by atoms with E-state index in [9.17, 15) is 9.59 Å². The number of nitrogens with zero attached hydrogens (tertiary/aromatic N) is 3. The molecule has 2 aromatic carbocycles. The minimum atomic E-state index is 0.0408. The second-order valence-corrected chi connectivity index (χ2v) is 8.22. The monoisotopic (exact) mass is 387 g/mol. The Balaban J connectivity index is 1.48. The number of para-hydroxylation sites is 2. The smallest absolute Gasteiger partial charge is 0.223 e. The third-order valence-corrected chi connectivity index (χ3v) is 6.37. The van der Waals surface area contributed by atoms with E-state index < -0.39 is 0 Å². The molecular formula is C24H25N3O2. The first-order valence-corrected chi connectivity index (χ1v) is 10.5. The van der Waals surface area contributed by atoms with Gasteiger partial charge in [0.15, 0.2) is 5.78 Å². The molecule has 1 aliphatic carbocycles. The number of fused-ring (bicyclic) bond motifs is 1. The standard InChI is InChI=1S/C24H25N3O2/c28-22(17-8-2-1-3-9-17)16-27-21-13-7-6-12-20(21)25-24(27)18-14-23(29)26(15-18)19-10-4-5-11-19/h1-3,6-9,12-13,18-19H,4-5,10-11,14-16H2. The van der Waals surface area contributed by atoms with Crippen LogP contribution in [0.2, 0.25) is 0 Å². The van der Waals surface area contributed by atoms with Crippen LogP contribution < -0.4 is 0 Å². The van der Waals surface area contributed by atoms with Crippen molar-refractivity contribution in [1.82, 2.24) is 14.5 Å². The number of hydrogen-bond donors (Lipinski definition) is 0. The van der Waals surface area contributed by atoms with Gasteiger partial charge < -0.3 is 9.47 Å². The van der Waals surface area contributed by atoms with Gasteiger partial charge in [-0.05, 0) is 25.0 Å². The molecule has 2 fully saturated rings. The van der Waals surface area contributed by atoms with Crippen molar-refractivity contribution in [3.8, 4) is 0 Å². The van der Waals surface area contributed by atoms with E-state index in [2.05, 4.69) is 4.90 Å². The fourth-order valence-electron chi connectivity index (χ4n) is 4.90. The van der Waals surface area contributed by atoms with E-state index >= 15 is 0 Å². The highest BCUT2D eigenvalue weighted by atomic mass is 16.2. The molecule has 1 amide bonds. The minimum Gasteiger partial charge on any atom is -0.339 e. The number of likely N-dealkylation sites (tertiary alicyclic amines) is 1. The van der Waals surface area contributed by atoms with Crippen molar-refractivity contribution in [2.75, 3.05) is 6.54 Å². The van der Waals surface area contributed by atoms with Crippen LogP contribution in [0.4, 0.5) is 0 Å². The second kappa shape index (κ2) is 7.47. The van der Waals surface area contributed by atoms with Gasteiger partial charge in [0.25, 0.3) is 0 Å². The van der Waals surface area contributed by atoms with Crippen molar-refractivity contribution >= 4 is 22.7 Å². The number of rotatable bonds is 5. The SMILES string of the molecule is O=C(Cn1c(C2CC(=O)N(C3CCCC3)C2)nc2ccccc21)c1ccccc1. The Morgan fingerprint density at radius 3 is 2.52 bits per heavy atom. The van der Waals surface area contributed by atoms with Crippen molar-refractivity contribution in [2.24, 2.45) is 0 Å². The van der Waals surface area contributed by atoms with E-state index in [1.165, 1.54) is 12.8 Å². The van der Waals surface area contributed by atoms with Crippen LogP contribution >= 0.6 is 0 Å². The number of aromatic nitrogens is 2. The summed E-state index contributed by atoms with van der Waals surface area (Å²) in [4.78, 5) is 32.6. The zero-order valence-electron chi connectivity index (χ0n) is 16.5. The molecule has 2 aliphatic rings. The van der Waals surface area contributed by atoms with Gasteiger partial charge in [-0.15, -0.1) is 0 Å². The number of hydrogen-bond acceptors (Lipinski definition) is 3. The first-order valence-electron chi connectivity index (χ1n) is 10.5. The topological polar surface area (TPSA) is 55.2 Å². The van der Waals surface area contributed by atoms with Crippen molar-refractivity contribution in [3.05, 3.63) is 66.0 Å². The molecule has 0 spiro atoms. The molecule has 1 aromatic heterocycles. The minimum absolute atomic E-state index is 0.0408. The van der Waals surface area contributed by atoms with Gasteiger partial charge in [-0.25, -0.2) is 4.98 Å². The zero-order valence-corrected chi connectivity index (χ0v) is 16.5. The van der Waals surface area contributed by atoms with Crippen LogP contribution in [0.1, 0.15) is 54.2 Å². The Kier molecular flexibility index (Phi) is 4.66. The molecule has 1 unspecified atom stereocenters. The average molecular weight is 387 g/mol. The number of benzene rings is 2. The van der Waals surface area contributed by atoms with E-state index in [4.69, 9.17) is 4.98 Å². The number of carbonyl (C=O) groups excluding carboxylic acids is 2. The third kappa shape index (κ3) is 3.35. The summed E-state index contributed by atoms with van der Waals surface area (Å²) < 4.78 is 2.03. The Bertz CT molecular complexity index is 1050. The first kappa shape index (κ1) is 18.1. The molecule has 5 rings (SSSR count). The van der Waals surface area contributed by atoms with E-state index in [1.807, 2.05) is 59.2 Å². The highest BCUT2D eigenvalue weighted by Gasteiger charge is 2.38. The zero-order chi connectivity index (χ0) is 19.8. The summed E-state index contributed by atoms with van der Waals surface area (Å²) in [6, 6.07) is 17.7. The van der Waals surface area contributed by atoms with Gasteiger partial charge in [0.05, 0.1) is 17.6 Å². The lowest BCUT2D eigenvalue weighted by atomic mass is 10.1. The fraction of sp³-hybridized carbons (Fsp3) is 0.375. The number of ketones is 1. The van der Waals surface area contributed by atoms with Crippen LogP contribution in [0, 0.1) is 0 Å². The van der Waals surface area contributed by atoms with E-state index in [0.717, 1.165) is 29.7 Å². The van der Waals surface area contributed by atoms with Gasteiger partial charge in [0, 0.05) is 30.5 Å². The molecule has 0 N–H and O–H groups in total. The molecule has 0 bridgehead atoms. The Hall–Kier alpha value is -2.95. The summed E-state index contributed by atoms with van der Waals surface area (Å²) in [7, 11) is 0. The Morgan fingerprint density at radius 1 is 1.00 bits per heavy atom. The summed E-state index contributed by atoms with van der Waals surface area (Å²) in [5.41, 5.74) is 2.54. The number of Topliss-reactive ketones (excluding diaryl/α,β-unsaturated/α-hetero) is 1. The largest absolute Gasteiger partial charge is 0.339 e. The quantitative estimate of drug-likeness (QED) is 0.617. The number of imidazole rings is 1. The Morgan fingerprint density at radius 2 is 1.72 bits per heavy atom. The summed E-state index contributed by atoms with van der Waals surface area (Å²) in [6.45, 7) is 0.959. The van der Waals surface area contributed by atoms with Gasteiger partial charge in [-0.2, -0.15) is 0 Å². The molecule has 1 aliphatic heterocycles. The lowest BCUT2D eigenvalue weighted by Gasteiger charge is -2.24. The maximum atomic E-state index is 12.9. The van der Waals surface area contributed by atoms with Gasteiger partial charge in [-0.3, -0.25) is 9.59 Å². The van der Waals surface area contributed by atoms with Crippen LogP contribution in [0.5, 0.6) is 0 Å². The van der Waals surface area contributed by atoms with Crippen LogP contribution in [-0.4, -0.2) is 38.7 Å². The molecule has 29 heavy (non-hydrogen) atoms. The lowest BCUT2D eigenvalue weighted by Crippen LogP contribution is -2.34. The number of amides is 1. The van der Waals surface area contributed by atoms with Crippen LogP contribution in [-0.2, 0) is 11.3 Å². The van der Waals surface area contributed by atoms with Crippen molar-refractivity contribution in [1.29, 1.82) is 0 Å². The normalized spacial score (nSPS) is 20.1. The van der Waals surface area contributed by atoms with Crippen molar-refractivity contribution < 1.29 is 9.59 Å². The molecule has 1 atom stereocenters. The molecule has 1 saturated carbocycles. The molecule has 5 heteroatoms. The van der Waals surface area contributed by atoms with E-state index in [1.54, 1.807) is 0 Å². The third-order valence-electron chi connectivity index (χ3n) is 6.37.